The molecular weight excluding hydrogens is 182 g/mol. The third-order valence-corrected chi connectivity index (χ3v) is 1.90. The number of nitrogens with zero attached hydrogens (tertiary/aromatic N) is 2. The zero-order chi connectivity index (χ0) is 10.7. The highest BCUT2D eigenvalue weighted by Gasteiger charge is 2.16. The molecule has 5 nitrogen and oxygen atoms in total. The number of aryl methyl sites for hydroxylation is 2. The molecular formula is C9H13N3O2. The third kappa shape index (κ3) is 1.81. The molecule has 0 bridgehead atoms. The summed E-state index contributed by atoms with van der Waals surface area (Å²) in [5.74, 6) is 0.0215. The molecule has 76 valence electrons. The van der Waals surface area contributed by atoms with Gasteiger partial charge in [-0.1, -0.05) is 6.92 Å². The number of hydrogen-bond acceptors (Lipinski definition) is 4. The van der Waals surface area contributed by atoms with Gasteiger partial charge in [0.15, 0.2) is 0 Å². The smallest absolute Gasteiger partial charge is 0.341 e. The summed E-state index contributed by atoms with van der Waals surface area (Å²) in [5.41, 5.74) is 0.637. The molecule has 5 heteroatoms. The molecule has 0 saturated carbocycles. The Morgan fingerprint density at radius 2 is 2.14 bits per heavy atom. The van der Waals surface area contributed by atoms with Crippen molar-refractivity contribution < 1.29 is 9.90 Å². The van der Waals surface area contributed by atoms with Crippen molar-refractivity contribution in [3.63, 3.8) is 0 Å². The fourth-order valence-corrected chi connectivity index (χ4v) is 1.23. The molecule has 0 saturated heterocycles. The van der Waals surface area contributed by atoms with Crippen molar-refractivity contribution in [3.8, 4) is 0 Å². The predicted octanol–water partition coefficient (Wildman–Crippen LogP) is 1.09. The number of nitrogens with one attached hydrogen (secondary N) is 1. The van der Waals surface area contributed by atoms with Crippen molar-refractivity contribution in [2.75, 3.05) is 12.4 Å². The van der Waals surface area contributed by atoms with E-state index in [-0.39, 0.29) is 5.56 Å². The molecule has 0 aromatic carbocycles. The number of carbonyl (C=O) groups is 1. The van der Waals surface area contributed by atoms with Crippen molar-refractivity contribution in [3.05, 3.63) is 17.1 Å². The number of hydrogen-bond donors (Lipinski definition) is 2. The summed E-state index contributed by atoms with van der Waals surface area (Å²) in [4.78, 5) is 19.1. The summed E-state index contributed by atoms with van der Waals surface area (Å²) < 4.78 is 0. The van der Waals surface area contributed by atoms with Gasteiger partial charge in [-0.3, -0.25) is 0 Å². The lowest BCUT2D eigenvalue weighted by molar-refractivity contribution is 0.0696. The van der Waals surface area contributed by atoms with Crippen LogP contribution < -0.4 is 5.32 Å². The molecule has 1 aromatic rings. The van der Waals surface area contributed by atoms with Gasteiger partial charge < -0.3 is 10.4 Å². The second-order valence-corrected chi connectivity index (χ2v) is 2.86. The Hall–Kier alpha value is -1.65. The van der Waals surface area contributed by atoms with Crippen LogP contribution in [0.2, 0.25) is 0 Å². The van der Waals surface area contributed by atoms with E-state index in [1.54, 1.807) is 14.0 Å². The number of carboxylic acids is 1. The summed E-state index contributed by atoms with van der Waals surface area (Å²) in [6.45, 7) is 3.60. The Bertz CT molecular complexity index is 363. The summed E-state index contributed by atoms with van der Waals surface area (Å²) in [5, 5.41) is 11.7. The molecule has 1 heterocycles. The average molecular weight is 195 g/mol. The fraction of sp³-hybridized carbons (Fsp3) is 0.444. The minimum atomic E-state index is -1.01. The minimum Gasteiger partial charge on any atom is -0.477 e. The maximum Gasteiger partial charge on any atom is 0.341 e. The molecule has 0 amide bonds. The summed E-state index contributed by atoms with van der Waals surface area (Å²) >= 11 is 0. The van der Waals surface area contributed by atoms with Gasteiger partial charge in [-0.2, -0.15) is 0 Å². The van der Waals surface area contributed by atoms with E-state index in [9.17, 15) is 4.79 Å². The van der Waals surface area contributed by atoms with Crippen LogP contribution in [-0.2, 0) is 6.42 Å². The first-order valence-electron chi connectivity index (χ1n) is 4.38. The zero-order valence-corrected chi connectivity index (χ0v) is 8.46. The van der Waals surface area contributed by atoms with Gasteiger partial charge in [-0.05, 0) is 6.92 Å². The van der Waals surface area contributed by atoms with E-state index in [0.29, 0.717) is 23.8 Å². The van der Waals surface area contributed by atoms with E-state index in [4.69, 9.17) is 5.11 Å². The van der Waals surface area contributed by atoms with Crippen LogP contribution in [0.3, 0.4) is 0 Å². The largest absolute Gasteiger partial charge is 0.477 e. The lowest BCUT2D eigenvalue weighted by Crippen LogP contribution is -2.11. The summed E-state index contributed by atoms with van der Waals surface area (Å²) in [7, 11) is 1.65. The van der Waals surface area contributed by atoms with Crippen LogP contribution in [0.25, 0.3) is 0 Å². The fourth-order valence-electron chi connectivity index (χ4n) is 1.23. The molecule has 0 unspecified atom stereocenters. The maximum atomic E-state index is 10.9. The molecule has 1 aromatic heterocycles. The Labute approximate surface area is 82.2 Å². The quantitative estimate of drug-likeness (QED) is 0.755. The van der Waals surface area contributed by atoms with Crippen molar-refractivity contribution in [2.24, 2.45) is 0 Å². The van der Waals surface area contributed by atoms with Gasteiger partial charge in [0.2, 0.25) is 0 Å². The highest BCUT2D eigenvalue weighted by molar-refractivity contribution is 5.94. The van der Waals surface area contributed by atoms with E-state index in [2.05, 4.69) is 15.3 Å². The van der Waals surface area contributed by atoms with Gasteiger partial charge >= 0.3 is 5.97 Å². The first-order valence-corrected chi connectivity index (χ1v) is 4.38. The third-order valence-electron chi connectivity index (χ3n) is 1.90. The normalized spacial score (nSPS) is 9.93. The highest BCUT2D eigenvalue weighted by Crippen LogP contribution is 2.15. The Morgan fingerprint density at radius 3 is 2.57 bits per heavy atom. The molecule has 0 aliphatic heterocycles. The first kappa shape index (κ1) is 10.4. The van der Waals surface area contributed by atoms with Crippen LogP contribution in [0, 0.1) is 6.92 Å². The van der Waals surface area contributed by atoms with Gasteiger partial charge in [-0.15, -0.1) is 0 Å². The standard InChI is InChI=1S/C9H13N3O2/c1-4-6-11-5(2)7(9(13)14)8(10-3)12-6/h4H2,1-3H3,(H,13,14)(H,10,11,12). The Morgan fingerprint density at radius 1 is 1.50 bits per heavy atom. The van der Waals surface area contributed by atoms with Crippen molar-refractivity contribution >= 4 is 11.8 Å². The van der Waals surface area contributed by atoms with Gasteiger partial charge in [0, 0.05) is 13.5 Å². The van der Waals surface area contributed by atoms with E-state index in [0.717, 1.165) is 0 Å². The van der Waals surface area contributed by atoms with Crippen LogP contribution in [0.15, 0.2) is 0 Å². The number of rotatable bonds is 3. The lowest BCUT2D eigenvalue weighted by atomic mass is 10.2. The van der Waals surface area contributed by atoms with Crippen molar-refractivity contribution in [2.45, 2.75) is 20.3 Å². The second kappa shape index (κ2) is 4.04. The topological polar surface area (TPSA) is 75.1 Å². The Balaban J connectivity index is 3.34. The predicted molar refractivity (Wildman–Crippen MR) is 52.7 cm³/mol. The van der Waals surface area contributed by atoms with E-state index >= 15 is 0 Å². The van der Waals surface area contributed by atoms with E-state index in [1.807, 2.05) is 6.92 Å². The zero-order valence-electron chi connectivity index (χ0n) is 8.46. The molecule has 0 radical (unpaired) electrons. The highest BCUT2D eigenvalue weighted by atomic mass is 16.4. The number of aromatic nitrogens is 2. The number of aromatic carboxylic acids is 1. The SMILES string of the molecule is CCc1nc(C)c(C(=O)O)c(NC)n1. The molecule has 1 rings (SSSR count). The molecule has 0 spiro atoms. The van der Waals surface area contributed by atoms with Gasteiger partial charge in [-0.25, -0.2) is 14.8 Å². The van der Waals surface area contributed by atoms with Crippen LogP contribution >= 0.6 is 0 Å². The van der Waals surface area contributed by atoms with Gasteiger partial charge in [0.05, 0.1) is 5.69 Å². The number of anilines is 1. The van der Waals surface area contributed by atoms with E-state index in [1.165, 1.54) is 0 Å². The van der Waals surface area contributed by atoms with Crippen molar-refractivity contribution in [1.82, 2.24) is 9.97 Å². The van der Waals surface area contributed by atoms with Crippen LogP contribution in [0.5, 0.6) is 0 Å². The maximum absolute atomic E-state index is 10.9. The molecule has 14 heavy (non-hydrogen) atoms. The monoisotopic (exact) mass is 195 g/mol. The summed E-state index contributed by atoms with van der Waals surface area (Å²) in [6, 6.07) is 0. The Kier molecular flexibility index (Phi) is 3.01. The van der Waals surface area contributed by atoms with Crippen molar-refractivity contribution in [1.29, 1.82) is 0 Å². The molecule has 0 aliphatic carbocycles. The van der Waals surface area contributed by atoms with Crippen LogP contribution in [0.4, 0.5) is 5.82 Å². The van der Waals surface area contributed by atoms with Crippen LogP contribution in [-0.4, -0.2) is 28.1 Å². The van der Waals surface area contributed by atoms with Gasteiger partial charge in [0.1, 0.15) is 17.2 Å². The summed E-state index contributed by atoms with van der Waals surface area (Å²) in [6.07, 6.45) is 0.690. The second-order valence-electron chi connectivity index (χ2n) is 2.86. The first-order chi connectivity index (χ1) is 6.60. The molecule has 0 atom stereocenters. The molecule has 0 aliphatic rings. The van der Waals surface area contributed by atoms with Crippen LogP contribution in [0.1, 0.15) is 28.8 Å². The minimum absolute atomic E-state index is 0.143. The van der Waals surface area contributed by atoms with E-state index < -0.39 is 5.97 Å². The van der Waals surface area contributed by atoms with Gasteiger partial charge in [0.25, 0.3) is 0 Å². The lowest BCUT2D eigenvalue weighted by Gasteiger charge is -2.08. The average Bonchev–Trinajstić information content (AvgIpc) is 2.15. The number of carboxylic acid groups (broad SMARTS) is 1. The molecule has 2 N–H and O–H groups in total. The molecule has 0 fully saturated rings.